The van der Waals surface area contributed by atoms with Crippen molar-refractivity contribution in [3.63, 3.8) is 0 Å². The van der Waals surface area contributed by atoms with Crippen molar-refractivity contribution in [1.29, 1.82) is 0 Å². The molecule has 0 bridgehead atoms. The Morgan fingerprint density at radius 1 is 1.02 bits per heavy atom. The second-order valence-electron chi connectivity index (χ2n) is 14.8. The van der Waals surface area contributed by atoms with Crippen LogP contribution in [-0.4, -0.2) is 61.6 Å². The fraction of sp³-hybridized carbons (Fsp3) is 0.524. The molecule has 17 heteroatoms. The number of rotatable bonds is 25. The standard InChI is InChI=1S/C42H54F3N6O7P/c1-3-5-6-7-8-9-10-11-12-13-14-15-19-22-55-40(53)34(25-30-23-31(43)26-32(44)24-30)50-59(54,58-33-20-17-16-18-21-33)56-28-42(4-2)35(52)27-36(57-42)51-29-47-37-38(46)48-41(45)49-39(37)51/h2,16-18,20-21,23-24,26,29,34-36,52H,3,5-15,19,22,25,27-28H2,1H3,(H,50,54)(H2,46,48,49)/t34-,35-,36+,42+,59-/m0/s1. The Balaban J connectivity index is 1.25. The zero-order valence-electron chi connectivity index (χ0n) is 33.4. The number of aliphatic hydroxyl groups is 1. The highest BCUT2D eigenvalue weighted by Crippen LogP contribution is 2.48. The third-order valence-electron chi connectivity index (χ3n) is 10.2. The number of anilines is 1. The number of aliphatic hydroxyl groups excluding tert-OH is 1. The number of nitrogens with zero attached hydrogens (tertiary/aromatic N) is 4. The highest BCUT2D eigenvalue weighted by molar-refractivity contribution is 7.52. The molecule has 2 aromatic carbocycles. The Labute approximate surface area is 343 Å². The highest BCUT2D eigenvalue weighted by atomic mass is 31.2. The van der Waals surface area contributed by atoms with Crippen LogP contribution >= 0.6 is 7.75 Å². The van der Waals surface area contributed by atoms with Crippen molar-refractivity contribution in [3.8, 4) is 18.1 Å². The zero-order chi connectivity index (χ0) is 42.3. The summed E-state index contributed by atoms with van der Waals surface area (Å²) in [5, 5.41) is 13.9. The largest absolute Gasteiger partial charge is 0.465 e. The van der Waals surface area contributed by atoms with E-state index < -0.39 is 62.0 Å². The van der Waals surface area contributed by atoms with Crippen LogP contribution in [0.3, 0.4) is 0 Å². The fourth-order valence-electron chi connectivity index (χ4n) is 6.97. The van der Waals surface area contributed by atoms with Gasteiger partial charge in [0.05, 0.1) is 12.9 Å². The van der Waals surface area contributed by atoms with Crippen molar-refractivity contribution >= 4 is 30.7 Å². The smallest absolute Gasteiger partial charge is 0.459 e. The molecule has 4 N–H and O–H groups in total. The molecule has 0 aliphatic carbocycles. The lowest BCUT2D eigenvalue weighted by Gasteiger charge is -2.30. The molecule has 13 nitrogen and oxygen atoms in total. The summed E-state index contributed by atoms with van der Waals surface area (Å²) < 4.78 is 82.1. The highest BCUT2D eigenvalue weighted by Gasteiger charge is 2.50. The summed E-state index contributed by atoms with van der Waals surface area (Å²) in [5.41, 5.74) is 3.99. The van der Waals surface area contributed by atoms with Crippen molar-refractivity contribution in [1.82, 2.24) is 24.6 Å². The molecule has 0 spiro atoms. The molecule has 0 saturated carbocycles. The number of nitrogens with two attached hydrogens (primary N) is 1. The molecule has 0 unspecified atom stereocenters. The molecule has 4 aromatic rings. The maximum Gasteiger partial charge on any atom is 0.459 e. The minimum absolute atomic E-state index is 0.0189. The molecule has 3 heterocycles. The number of fused-ring (bicyclic) bond motifs is 1. The van der Waals surface area contributed by atoms with Crippen LogP contribution in [0.15, 0.2) is 54.9 Å². The molecule has 320 valence electrons. The first-order valence-corrected chi connectivity index (χ1v) is 21.9. The summed E-state index contributed by atoms with van der Waals surface area (Å²) in [4.78, 5) is 25.0. The molecule has 1 saturated heterocycles. The van der Waals surface area contributed by atoms with E-state index in [-0.39, 0.29) is 47.7 Å². The molecule has 2 aromatic heterocycles. The van der Waals surface area contributed by atoms with Crippen LogP contribution < -0.4 is 15.3 Å². The number of carbonyl (C=O) groups excluding carboxylic acids is 1. The Morgan fingerprint density at radius 2 is 1.64 bits per heavy atom. The number of benzene rings is 2. The van der Waals surface area contributed by atoms with Crippen LogP contribution in [0.5, 0.6) is 5.75 Å². The van der Waals surface area contributed by atoms with Gasteiger partial charge in [-0.2, -0.15) is 19.4 Å². The maximum absolute atomic E-state index is 14.7. The SMILES string of the molecule is C#C[C@]1(CO[P@@](=O)(N[C@@H](Cc2cc(F)cc(F)c2)C(=O)OCCCCCCCCCCCCCCC)Oc2ccccc2)O[C@@H](n2cnc3c(N)nc(F)nc32)C[C@@H]1O. The second-order valence-corrected chi connectivity index (χ2v) is 16.5. The molecule has 0 radical (unpaired) electrons. The number of imidazole rings is 1. The van der Waals surface area contributed by atoms with Crippen molar-refractivity contribution in [2.45, 2.75) is 127 Å². The van der Waals surface area contributed by atoms with Gasteiger partial charge in [-0.25, -0.2) is 18.3 Å². The second kappa shape index (κ2) is 22.2. The van der Waals surface area contributed by atoms with Crippen LogP contribution in [0, 0.1) is 30.1 Å². The Morgan fingerprint density at radius 3 is 2.27 bits per heavy atom. The lowest BCUT2D eigenvalue weighted by Crippen LogP contribution is -2.44. The van der Waals surface area contributed by atoms with Crippen molar-refractivity contribution in [2.24, 2.45) is 0 Å². The van der Waals surface area contributed by atoms with Crippen molar-refractivity contribution in [2.75, 3.05) is 18.9 Å². The van der Waals surface area contributed by atoms with Crippen molar-refractivity contribution in [3.05, 3.63) is 78.1 Å². The summed E-state index contributed by atoms with van der Waals surface area (Å²) >= 11 is 0. The number of nitrogens with one attached hydrogen (secondary N) is 1. The number of unbranched alkanes of at least 4 members (excludes halogenated alkanes) is 12. The Bertz CT molecular complexity index is 2030. The number of aromatic nitrogens is 4. The van der Waals surface area contributed by atoms with Crippen LogP contribution in [0.25, 0.3) is 11.2 Å². The summed E-state index contributed by atoms with van der Waals surface area (Å²) in [7, 11) is -4.68. The van der Waals surface area contributed by atoms with E-state index >= 15 is 0 Å². The van der Waals surface area contributed by atoms with Gasteiger partial charge in [0, 0.05) is 12.5 Å². The van der Waals surface area contributed by atoms with Gasteiger partial charge in [0.25, 0.3) is 0 Å². The lowest BCUT2D eigenvalue weighted by molar-refractivity contribution is -0.146. The third kappa shape index (κ3) is 13.2. The van der Waals surface area contributed by atoms with Crippen LogP contribution in [0.4, 0.5) is 19.0 Å². The predicted molar refractivity (Wildman–Crippen MR) is 216 cm³/mol. The Kier molecular flexibility index (Phi) is 17.1. The van der Waals surface area contributed by atoms with E-state index in [1.54, 1.807) is 18.2 Å². The molecule has 5 rings (SSSR count). The van der Waals surface area contributed by atoms with Gasteiger partial charge in [0.2, 0.25) is 0 Å². The number of halogens is 3. The monoisotopic (exact) mass is 842 g/mol. The van der Waals surface area contributed by atoms with Gasteiger partial charge in [-0.05, 0) is 42.7 Å². The lowest BCUT2D eigenvalue weighted by atomic mass is 9.99. The maximum atomic E-state index is 14.7. The van der Waals surface area contributed by atoms with E-state index in [1.807, 2.05) is 0 Å². The molecule has 59 heavy (non-hydrogen) atoms. The summed E-state index contributed by atoms with van der Waals surface area (Å²) in [6, 6.07) is 9.19. The van der Waals surface area contributed by atoms with Gasteiger partial charge in [-0.1, -0.05) is 108 Å². The van der Waals surface area contributed by atoms with E-state index in [0.717, 1.165) is 37.8 Å². The fourth-order valence-corrected chi connectivity index (χ4v) is 8.49. The minimum atomic E-state index is -4.68. The first-order chi connectivity index (χ1) is 28.4. The van der Waals surface area contributed by atoms with Gasteiger partial charge in [-0.15, -0.1) is 6.42 Å². The number of ether oxygens (including phenoxy) is 2. The van der Waals surface area contributed by atoms with Gasteiger partial charge in [-0.3, -0.25) is 13.9 Å². The van der Waals surface area contributed by atoms with E-state index in [4.69, 9.17) is 30.7 Å². The van der Waals surface area contributed by atoms with Gasteiger partial charge >= 0.3 is 19.8 Å². The summed E-state index contributed by atoms with van der Waals surface area (Å²) in [6.45, 7) is 1.53. The van der Waals surface area contributed by atoms with Gasteiger partial charge in [0.1, 0.15) is 42.4 Å². The normalized spacial score (nSPS) is 19.3. The first-order valence-electron chi connectivity index (χ1n) is 20.3. The van der Waals surface area contributed by atoms with Gasteiger partial charge in [0.15, 0.2) is 22.6 Å². The van der Waals surface area contributed by atoms with Crippen LogP contribution in [-0.2, 0) is 29.8 Å². The average molecular weight is 843 g/mol. The van der Waals surface area contributed by atoms with Gasteiger partial charge < -0.3 is 24.8 Å². The number of carbonyl (C=O) groups is 1. The minimum Gasteiger partial charge on any atom is -0.465 e. The van der Waals surface area contributed by atoms with Crippen LogP contribution in [0.1, 0.15) is 109 Å². The van der Waals surface area contributed by atoms with E-state index in [0.29, 0.717) is 12.5 Å². The molecule has 0 amide bonds. The van der Waals surface area contributed by atoms with E-state index in [9.17, 15) is 27.6 Å². The average Bonchev–Trinajstić information content (AvgIpc) is 3.77. The number of nitrogen functional groups attached to an aromatic ring is 1. The summed E-state index contributed by atoms with van der Waals surface area (Å²) in [5.74, 6) is -0.366. The quantitative estimate of drug-likeness (QED) is 0.0191. The number of para-hydroxylation sites is 1. The molecular weight excluding hydrogens is 788 g/mol. The molecule has 1 aliphatic heterocycles. The van der Waals surface area contributed by atoms with E-state index in [2.05, 4.69) is 32.9 Å². The van der Waals surface area contributed by atoms with Crippen molar-refractivity contribution < 1.29 is 46.2 Å². The Hall–Kier alpha value is -4.52. The molecule has 1 fully saturated rings. The van der Waals surface area contributed by atoms with E-state index in [1.165, 1.54) is 74.4 Å². The first kappa shape index (κ1) is 45.6. The molecule has 1 aliphatic rings. The van der Waals surface area contributed by atoms with Crippen LogP contribution in [0.2, 0.25) is 0 Å². The molecule has 5 atom stereocenters. The predicted octanol–water partition coefficient (Wildman–Crippen LogP) is 8.52. The summed E-state index contributed by atoms with van der Waals surface area (Å²) in [6.07, 6.45) is 17.9. The molecular formula is C42H54F3N6O7P. The number of terminal acetylenes is 1. The number of hydrogen-bond donors (Lipinski definition) is 3. The number of esters is 1. The number of hydrogen-bond acceptors (Lipinski definition) is 11. The topological polar surface area (TPSA) is 173 Å². The zero-order valence-corrected chi connectivity index (χ0v) is 34.3. The third-order valence-corrected chi connectivity index (χ3v) is 11.7.